The minimum Gasteiger partial charge on any atom is -0.462 e. The summed E-state index contributed by atoms with van der Waals surface area (Å²) in [4.78, 5) is 25.8. The van der Waals surface area contributed by atoms with Crippen LogP contribution in [0.25, 0.3) is 0 Å². The number of ether oxygens (including phenoxy) is 2. The highest BCUT2D eigenvalue weighted by molar-refractivity contribution is 6.33. The minimum absolute atomic E-state index is 0.0870. The number of carbonyl (C=O) groups is 2. The molecule has 17 heavy (non-hydrogen) atoms. The highest BCUT2D eigenvalue weighted by atomic mass is 35.5. The molecule has 0 radical (unpaired) electrons. The summed E-state index contributed by atoms with van der Waals surface area (Å²) < 4.78 is 9.68. The molecule has 5 nitrogen and oxygen atoms in total. The van der Waals surface area contributed by atoms with Gasteiger partial charge in [-0.1, -0.05) is 11.6 Å². The van der Waals surface area contributed by atoms with Crippen LogP contribution in [0.2, 0.25) is 5.15 Å². The zero-order chi connectivity index (χ0) is 13.0. The number of H-pyrrole nitrogens is 1. The van der Waals surface area contributed by atoms with Gasteiger partial charge < -0.3 is 14.5 Å². The highest BCUT2D eigenvalue weighted by Gasteiger charge is 2.24. The van der Waals surface area contributed by atoms with Crippen molar-refractivity contribution < 1.29 is 19.1 Å². The van der Waals surface area contributed by atoms with Gasteiger partial charge in [0.2, 0.25) is 0 Å². The van der Waals surface area contributed by atoms with Crippen LogP contribution in [0.4, 0.5) is 0 Å². The van der Waals surface area contributed by atoms with Crippen molar-refractivity contribution in [2.75, 3.05) is 13.2 Å². The molecular weight excluding hydrogens is 246 g/mol. The van der Waals surface area contributed by atoms with E-state index >= 15 is 0 Å². The standard InChI is InChI=1S/C11H14ClNO4/c1-4-16-10(14)7-6(3)8(13-9(7)12)11(15)17-5-2/h13H,4-5H2,1-3H3. The Hall–Kier alpha value is -1.49. The molecule has 0 spiro atoms. The lowest BCUT2D eigenvalue weighted by Crippen LogP contribution is -2.09. The molecule has 1 heterocycles. The Morgan fingerprint density at radius 1 is 1.18 bits per heavy atom. The summed E-state index contributed by atoms with van der Waals surface area (Å²) in [6.45, 7) is 5.50. The average molecular weight is 260 g/mol. The Morgan fingerprint density at radius 2 is 1.71 bits per heavy atom. The maximum absolute atomic E-state index is 11.6. The number of carbonyl (C=O) groups excluding carboxylic acids is 2. The molecule has 0 fully saturated rings. The first-order valence-electron chi connectivity index (χ1n) is 5.25. The highest BCUT2D eigenvalue weighted by Crippen LogP contribution is 2.24. The fourth-order valence-corrected chi connectivity index (χ4v) is 1.72. The summed E-state index contributed by atoms with van der Waals surface area (Å²) in [7, 11) is 0. The Morgan fingerprint density at radius 3 is 2.24 bits per heavy atom. The molecule has 0 saturated heterocycles. The van der Waals surface area contributed by atoms with Gasteiger partial charge in [0.1, 0.15) is 16.4 Å². The van der Waals surface area contributed by atoms with E-state index in [-0.39, 0.29) is 29.6 Å². The molecule has 6 heteroatoms. The van der Waals surface area contributed by atoms with Gasteiger partial charge in [-0.3, -0.25) is 0 Å². The summed E-state index contributed by atoms with van der Waals surface area (Å²) >= 11 is 5.86. The van der Waals surface area contributed by atoms with Gasteiger partial charge in [0, 0.05) is 0 Å². The van der Waals surface area contributed by atoms with Crippen molar-refractivity contribution in [2.24, 2.45) is 0 Å². The zero-order valence-electron chi connectivity index (χ0n) is 9.93. The van der Waals surface area contributed by atoms with E-state index in [0.29, 0.717) is 5.56 Å². The van der Waals surface area contributed by atoms with Crippen LogP contribution in [0.1, 0.15) is 40.3 Å². The van der Waals surface area contributed by atoms with E-state index < -0.39 is 11.9 Å². The SMILES string of the molecule is CCOC(=O)c1[nH]c(Cl)c(C(=O)OCC)c1C. The molecular formula is C11H14ClNO4. The second kappa shape index (κ2) is 5.72. The number of halogens is 1. The lowest BCUT2D eigenvalue weighted by molar-refractivity contribution is 0.0518. The number of esters is 2. The third-order valence-corrected chi connectivity index (χ3v) is 2.45. The van der Waals surface area contributed by atoms with Gasteiger partial charge in [0.15, 0.2) is 0 Å². The van der Waals surface area contributed by atoms with Gasteiger partial charge in [0.05, 0.1) is 13.2 Å². The van der Waals surface area contributed by atoms with Crippen molar-refractivity contribution in [1.29, 1.82) is 0 Å². The number of aromatic nitrogens is 1. The van der Waals surface area contributed by atoms with Crippen LogP contribution in [-0.4, -0.2) is 30.1 Å². The number of hydrogen-bond donors (Lipinski definition) is 1. The normalized spacial score (nSPS) is 10.1. The zero-order valence-corrected chi connectivity index (χ0v) is 10.7. The van der Waals surface area contributed by atoms with Gasteiger partial charge in [-0.2, -0.15) is 0 Å². The summed E-state index contributed by atoms with van der Waals surface area (Å²) in [5, 5.41) is 0.0870. The molecule has 0 aromatic carbocycles. The number of nitrogens with one attached hydrogen (secondary N) is 1. The monoisotopic (exact) mass is 259 g/mol. The Balaban J connectivity index is 3.09. The van der Waals surface area contributed by atoms with E-state index in [9.17, 15) is 9.59 Å². The van der Waals surface area contributed by atoms with Crippen LogP contribution < -0.4 is 0 Å². The van der Waals surface area contributed by atoms with E-state index in [1.165, 1.54) is 0 Å². The molecule has 1 N–H and O–H groups in total. The Kier molecular flexibility index (Phi) is 4.57. The molecule has 0 aliphatic carbocycles. The fourth-order valence-electron chi connectivity index (χ4n) is 1.41. The second-order valence-corrected chi connectivity index (χ2v) is 3.63. The lowest BCUT2D eigenvalue weighted by Gasteiger charge is -2.02. The van der Waals surface area contributed by atoms with Crippen LogP contribution in [0, 0.1) is 6.92 Å². The number of hydrogen-bond acceptors (Lipinski definition) is 4. The summed E-state index contributed by atoms with van der Waals surface area (Å²) in [5.74, 6) is -1.09. The van der Waals surface area contributed by atoms with E-state index in [4.69, 9.17) is 21.1 Å². The predicted octanol–water partition coefficient (Wildman–Crippen LogP) is 2.33. The van der Waals surface area contributed by atoms with Gasteiger partial charge in [-0.15, -0.1) is 0 Å². The maximum Gasteiger partial charge on any atom is 0.355 e. The number of rotatable bonds is 4. The summed E-state index contributed by atoms with van der Waals surface area (Å²) in [5.41, 5.74) is 0.795. The van der Waals surface area contributed by atoms with E-state index in [1.807, 2.05) is 0 Å². The third-order valence-electron chi connectivity index (χ3n) is 2.16. The molecule has 0 atom stereocenters. The molecule has 94 valence electrons. The quantitative estimate of drug-likeness (QED) is 0.843. The van der Waals surface area contributed by atoms with E-state index in [1.54, 1.807) is 20.8 Å². The Bertz CT molecular complexity index is 439. The van der Waals surface area contributed by atoms with Crippen molar-refractivity contribution in [1.82, 2.24) is 4.98 Å². The topological polar surface area (TPSA) is 68.4 Å². The third kappa shape index (κ3) is 2.79. The van der Waals surface area contributed by atoms with Crippen molar-refractivity contribution in [3.8, 4) is 0 Å². The first-order valence-corrected chi connectivity index (χ1v) is 5.63. The lowest BCUT2D eigenvalue weighted by atomic mass is 10.1. The van der Waals surface area contributed by atoms with Crippen LogP contribution in [0.15, 0.2) is 0 Å². The first kappa shape index (κ1) is 13.6. The second-order valence-electron chi connectivity index (χ2n) is 3.25. The van der Waals surface area contributed by atoms with E-state index in [2.05, 4.69) is 4.98 Å². The van der Waals surface area contributed by atoms with Gasteiger partial charge in [0.25, 0.3) is 0 Å². The van der Waals surface area contributed by atoms with Gasteiger partial charge in [-0.25, -0.2) is 9.59 Å². The smallest absolute Gasteiger partial charge is 0.355 e. The molecule has 0 amide bonds. The maximum atomic E-state index is 11.6. The Labute approximate surface area is 104 Å². The van der Waals surface area contributed by atoms with Crippen LogP contribution in [0.5, 0.6) is 0 Å². The predicted molar refractivity (Wildman–Crippen MR) is 62.5 cm³/mol. The van der Waals surface area contributed by atoms with Crippen molar-refractivity contribution in [3.05, 3.63) is 22.0 Å². The summed E-state index contributed by atoms with van der Waals surface area (Å²) in [6.07, 6.45) is 0. The fraction of sp³-hybridized carbons (Fsp3) is 0.455. The molecule has 1 aromatic heterocycles. The van der Waals surface area contributed by atoms with Crippen molar-refractivity contribution in [3.63, 3.8) is 0 Å². The first-order chi connectivity index (χ1) is 8.02. The molecule has 0 saturated carbocycles. The van der Waals surface area contributed by atoms with Crippen LogP contribution in [-0.2, 0) is 9.47 Å². The summed E-state index contributed by atoms with van der Waals surface area (Å²) in [6, 6.07) is 0. The van der Waals surface area contributed by atoms with Crippen molar-refractivity contribution in [2.45, 2.75) is 20.8 Å². The minimum atomic E-state index is -0.554. The largest absolute Gasteiger partial charge is 0.462 e. The van der Waals surface area contributed by atoms with E-state index in [0.717, 1.165) is 0 Å². The number of aromatic amines is 1. The van der Waals surface area contributed by atoms with Gasteiger partial charge in [-0.05, 0) is 26.3 Å². The van der Waals surface area contributed by atoms with Crippen LogP contribution >= 0.6 is 11.6 Å². The molecule has 1 rings (SSSR count). The van der Waals surface area contributed by atoms with Crippen LogP contribution in [0.3, 0.4) is 0 Å². The molecule has 0 aliphatic heterocycles. The molecule has 0 aliphatic rings. The molecule has 1 aromatic rings. The van der Waals surface area contributed by atoms with Crippen molar-refractivity contribution >= 4 is 23.5 Å². The molecule has 0 unspecified atom stereocenters. The average Bonchev–Trinajstić information content (AvgIpc) is 2.55. The molecule has 0 bridgehead atoms. The van der Waals surface area contributed by atoms with Gasteiger partial charge >= 0.3 is 11.9 Å².